The summed E-state index contributed by atoms with van der Waals surface area (Å²) >= 11 is 0. The summed E-state index contributed by atoms with van der Waals surface area (Å²) < 4.78 is 59.6. The lowest BCUT2D eigenvalue weighted by atomic mass is 10.1. The molecule has 0 radical (unpaired) electrons. The maximum absolute atomic E-state index is 13.3. The molecular formula is C7H2ClF3N2O2S. The number of alkyl halides is 2. The van der Waals surface area contributed by atoms with Crippen LogP contribution < -0.4 is 0 Å². The highest BCUT2D eigenvalue weighted by molar-refractivity contribution is 8.13. The van der Waals surface area contributed by atoms with Gasteiger partial charge in [-0.3, -0.25) is 0 Å². The fraction of sp³-hybridized carbons (Fsp3) is 0.143. The van der Waals surface area contributed by atoms with Crippen LogP contribution in [0.1, 0.15) is 17.6 Å². The molecule has 1 aromatic rings. The average molecular weight is 271 g/mol. The van der Waals surface area contributed by atoms with E-state index in [-0.39, 0.29) is 0 Å². The molecule has 0 N–H and O–H groups in total. The summed E-state index contributed by atoms with van der Waals surface area (Å²) in [6.45, 7) is 0. The monoisotopic (exact) mass is 270 g/mol. The molecule has 0 amide bonds. The Morgan fingerprint density at radius 1 is 1.50 bits per heavy atom. The second-order valence-electron chi connectivity index (χ2n) is 2.56. The smallest absolute Gasteiger partial charge is 0.240 e. The molecule has 0 aliphatic carbocycles. The van der Waals surface area contributed by atoms with E-state index in [2.05, 4.69) is 4.98 Å². The van der Waals surface area contributed by atoms with Crippen molar-refractivity contribution in [2.24, 2.45) is 0 Å². The molecule has 1 rings (SSSR count). The Labute approximate surface area is 92.7 Å². The minimum Gasteiger partial charge on any atom is -0.240 e. The third-order valence-electron chi connectivity index (χ3n) is 1.59. The molecular weight excluding hydrogens is 269 g/mol. The number of rotatable bonds is 2. The summed E-state index contributed by atoms with van der Waals surface area (Å²) in [6.07, 6.45) is -2.81. The summed E-state index contributed by atoms with van der Waals surface area (Å²) in [6, 6.07) is 1.28. The van der Waals surface area contributed by atoms with Crippen molar-refractivity contribution < 1.29 is 21.6 Å². The summed E-state index contributed by atoms with van der Waals surface area (Å²) in [5.41, 5.74) is -2.06. The Morgan fingerprint density at radius 2 is 2.06 bits per heavy atom. The van der Waals surface area contributed by atoms with Gasteiger partial charge in [0.1, 0.15) is 6.07 Å². The molecule has 0 atom stereocenters. The van der Waals surface area contributed by atoms with Crippen molar-refractivity contribution in [3.05, 3.63) is 23.1 Å². The number of aromatic nitrogens is 1. The van der Waals surface area contributed by atoms with Crippen molar-refractivity contribution in [2.75, 3.05) is 0 Å². The molecule has 0 saturated carbocycles. The van der Waals surface area contributed by atoms with E-state index in [0.717, 1.165) is 0 Å². The summed E-state index contributed by atoms with van der Waals surface area (Å²) in [5, 5.41) is 7.10. The van der Waals surface area contributed by atoms with Gasteiger partial charge >= 0.3 is 0 Å². The lowest BCUT2D eigenvalue weighted by molar-refractivity contribution is 0.145. The van der Waals surface area contributed by atoms with E-state index in [1.54, 1.807) is 0 Å². The van der Waals surface area contributed by atoms with Gasteiger partial charge in [-0.15, -0.1) is 0 Å². The Hall–Kier alpha value is -1.33. The molecule has 0 aliphatic rings. The van der Waals surface area contributed by atoms with Gasteiger partial charge in [-0.1, -0.05) is 0 Å². The normalized spacial score (nSPS) is 11.5. The third kappa shape index (κ3) is 2.25. The third-order valence-corrected chi connectivity index (χ3v) is 2.78. The number of hydrogen-bond acceptors (Lipinski definition) is 4. The first-order chi connectivity index (χ1) is 7.29. The maximum atomic E-state index is 13.3. The van der Waals surface area contributed by atoms with Crippen molar-refractivity contribution in [3.8, 4) is 6.07 Å². The standard InChI is InChI=1S/C7H2ClF3N2O2S/c8-16(14,15)7-5(9)4(6(10)11)3(1-12)2-13-7/h2,6H. The zero-order chi connectivity index (χ0) is 12.5. The van der Waals surface area contributed by atoms with Crippen LogP contribution in [0.2, 0.25) is 0 Å². The summed E-state index contributed by atoms with van der Waals surface area (Å²) in [7, 11) is 0.207. The van der Waals surface area contributed by atoms with E-state index in [4.69, 9.17) is 15.9 Å². The van der Waals surface area contributed by atoms with Gasteiger partial charge in [-0.05, 0) is 0 Å². The number of pyridine rings is 1. The SMILES string of the molecule is N#Cc1cnc(S(=O)(=O)Cl)c(F)c1C(F)F. The largest absolute Gasteiger partial charge is 0.281 e. The van der Waals surface area contributed by atoms with E-state index < -0.39 is 37.4 Å². The Kier molecular flexibility index (Phi) is 3.40. The highest BCUT2D eigenvalue weighted by Gasteiger charge is 2.27. The molecule has 9 heteroatoms. The summed E-state index contributed by atoms with van der Waals surface area (Å²) in [5.74, 6) is -1.80. The Balaban J connectivity index is 3.65. The molecule has 0 aromatic carbocycles. The molecule has 86 valence electrons. The van der Waals surface area contributed by atoms with E-state index in [1.807, 2.05) is 0 Å². The lowest BCUT2D eigenvalue weighted by Gasteiger charge is -2.06. The second kappa shape index (κ2) is 4.27. The highest BCUT2D eigenvalue weighted by Crippen LogP contribution is 2.29. The van der Waals surface area contributed by atoms with Crippen LogP contribution in [-0.2, 0) is 9.05 Å². The molecule has 0 unspecified atom stereocenters. The van der Waals surface area contributed by atoms with Crippen LogP contribution in [0.4, 0.5) is 13.2 Å². The second-order valence-corrected chi connectivity index (χ2v) is 5.04. The molecule has 0 spiro atoms. The zero-order valence-corrected chi connectivity index (χ0v) is 8.86. The van der Waals surface area contributed by atoms with Gasteiger partial charge in [0.2, 0.25) is 5.03 Å². The number of hydrogen-bond donors (Lipinski definition) is 0. The van der Waals surface area contributed by atoms with Crippen LogP contribution >= 0.6 is 10.7 Å². The minimum atomic E-state index is -4.57. The van der Waals surface area contributed by atoms with Crippen LogP contribution in [0.5, 0.6) is 0 Å². The summed E-state index contributed by atoms with van der Waals surface area (Å²) in [4.78, 5) is 3.01. The predicted octanol–water partition coefficient (Wildman–Crippen LogP) is 1.96. The zero-order valence-electron chi connectivity index (χ0n) is 7.29. The molecule has 0 fully saturated rings. The van der Waals surface area contributed by atoms with Gasteiger partial charge in [0, 0.05) is 16.9 Å². The van der Waals surface area contributed by atoms with Gasteiger partial charge in [0.25, 0.3) is 15.5 Å². The molecule has 16 heavy (non-hydrogen) atoms. The molecule has 4 nitrogen and oxygen atoms in total. The molecule has 0 aliphatic heterocycles. The molecule has 0 bridgehead atoms. The topological polar surface area (TPSA) is 70.8 Å². The average Bonchev–Trinajstić information content (AvgIpc) is 2.14. The maximum Gasteiger partial charge on any atom is 0.281 e. The van der Waals surface area contributed by atoms with Gasteiger partial charge < -0.3 is 0 Å². The molecule has 0 saturated heterocycles. The van der Waals surface area contributed by atoms with Crippen molar-refractivity contribution in [2.45, 2.75) is 11.5 Å². The van der Waals surface area contributed by atoms with Crippen molar-refractivity contribution in [3.63, 3.8) is 0 Å². The number of halogens is 4. The van der Waals surface area contributed by atoms with Crippen molar-refractivity contribution >= 4 is 19.7 Å². The first-order valence-corrected chi connectivity index (χ1v) is 5.91. The fourth-order valence-electron chi connectivity index (χ4n) is 0.955. The van der Waals surface area contributed by atoms with Crippen LogP contribution in [0, 0.1) is 17.1 Å². The van der Waals surface area contributed by atoms with Crippen molar-refractivity contribution in [1.82, 2.24) is 4.98 Å². The van der Waals surface area contributed by atoms with Gasteiger partial charge in [-0.25, -0.2) is 26.6 Å². The fourth-order valence-corrected chi connectivity index (χ4v) is 1.78. The van der Waals surface area contributed by atoms with E-state index in [1.165, 1.54) is 6.07 Å². The number of nitriles is 1. The lowest BCUT2D eigenvalue weighted by Crippen LogP contribution is -2.06. The van der Waals surface area contributed by atoms with Crippen molar-refractivity contribution in [1.29, 1.82) is 5.26 Å². The van der Waals surface area contributed by atoms with E-state index >= 15 is 0 Å². The van der Waals surface area contributed by atoms with Crippen LogP contribution in [0.25, 0.3) is 0 Å². The molecule has 1 heterocycles. The number of nitrogens with zero attached hydrogens (tertiary/aromatic N) is 2. The van der Waals surface area contributed by atoms with Gasteiger partial charge in [-0.2, -0.15) is 5.26 Å². The van der Waals surface area contributed by atoms with Crippen LogP contribution in [0.15, 0.2) is 11.2 Å². The highest BCUT2D eigenvalue weighted by atomic mass is 35.7. The minimum absolute atomic E-state index is 0.528. The Bertz CT molecular complexity index is 568. The van der Waals surface area contributed by atoms with Gasteiger partial charge in [0.05, 0.1) is 11.1 Å². The first-order valence-electron chi connectivity index (χ1n) is 3.60. The Morgan fingerprint density at radius 3 is 2.44 bits per heavy atom. The van der Waals surface area contributed by atoms with Crippen LogP contribution in [-0.4, -0.2) is 13.4 Å². The van der Waals surface area contributed by atoms with Gasteiger partial charge in [0.15, 0.2) is 5.82 Å². The molecule has 1 aromatic heterocycles. The van der Waals surface area contributed by atoms with E-state index in [0.29, 0.717) is 6.20 Å². The van der Waals surface area contributed by atoms with Crippen LogP contribution in [0.3, 0.4) is 0 Å². The van der Waals surface area contributed by atoms with E-state index in [9.17, 15) is 21.6 Å². The first kappa shape index (κ1) is 12.7. The predicted molar refractivity (Wildman–Crippen MR) is 46.9 cm³/mol. The quantitative estimate of drug-likeness (QED) is 0.770.